The molecule has 0 radical (unpaired) electrons. The number of amides is 1. The normalized spacial score (nSPS) is 14.9. The predicted octanol–water partition coefficient (Wildman–Crippen LogP) is 4.22. The quantitative estimate of drug-likeness (QED) is 0.487. The van der Waals surface area contributed by atoms with E-state index in [9.17, 15) is 4.79 Å². The maximum Gasteiger partial charge on any atom is 0.274 e. The van der Waals surface area contributed by atoms with Crippen molar-refractivity contribution in [3.05, 3.63) is 78.4 Å². The van der Waals surface area contributed by atoms with Crippen LogP contribution >= 0.6 is 11.3 Å². The second-order valence-electron chi connectivity index (χ2n) is 7.49. The van der Waals surface area contributed by atoms with Crippen molar-refractivity contribution >= 4 is 27.5 Å². The van der Waals surface area contributed by atoms with Gasteiger partial charge in [0.05, 0.1) is 16.5 Å². The largest absolute Gasteiger partial charge is 0.467 e. The lowest BCUT2D eigenvalue weighted by molar-refractivity contribution is 0.0595. The zero-order valence-electron chi connectivity index (χ0n) is 16.5. The maximum absolute atomic E-state index is 12.9. The van der Waals surface area contributed by atoms with Crippen LogP contribution in [0.4, 0.5) is 0 Å². The van der Waals surface area contributed by atoms with E-state index in [1.165, 1.54) is 0 Å². The molecule has 0 spiro atoms. The Balaban J connectivity index is 1.16. The minimum Gasteiger partial charge on any atom is -0.467 e. The zero-order chi connectivity index (χ0) is 20.3. The Morgan fingerprint density at radius 2 is 1.90 bits per heavy atom. The number of hydrogen-bond acceptors (Lipinski definition) is 5. The number of likely N-dealkylation sites (tertiary alicyclic amines) is 1. The van der Waals surface area contributed by atoms with E-state index >= 15 is 0 Å². The van der Waals surface area contributed by atoms with Crippen molar-refractivity contribution in [2.45, 2.75) is 25.5 Å². The van der Waals surface area contributed by atoms with Crippen molar-refractivity contribution < 1.29 is 9.53 Å². The highest BCUT2D eigenvalue weighted by Gasteiger charge is 2.25. The third-order valence-corrected chi connectivity index (χ3v) is 6.32. The van der Waals surface area contributed by atoms with E-state index in [0.29, 0.717) is 13.1 Å². The number of piperidine rings is 1. The summed E-state index contributed by atoms with van der Waals surface area (Å²) in [5.74, 6) is 0.0858. The fourth-order valence-corrected chi connectivity index (χ4v) is 4.63. The summed E-state index contributed by atoms with van der Waals surface area (Å²) < 4.78 is 9.24. The van der Waals surface area contributed by atoms with Gasteiger partial charge in [-0.1, -0.05) is 35.6 Å². The van der Waals surface area contributed by atoms with E-state index in [2.05, 4.69) is 16.0 Å². The molecule has 0 unspecified atom stereocenters. The van der Waals surface area contributed by atoms with Gasteiger partial charge < -0.3 is 14.2 Å². The first-order valence-corrected chi connectivity index (χ1v) is 10.9. The van der Waals surface area contributed by atoms with Gasteiger partial charge in [0, 0.05) is 50.4 Å². The van der Waals surface area contributed by atoms with Crippen LogP contribution in [0.1, 0.15) is 28.8 Å². The van der Waals surface area contributed by atoms with Gasteiger partial charge in [-0.25, -0.2) is 9.97 Å². The lowest BCUT2D eigenvalue weighted by Gasteiger charge is -2.31. The van der Waals surface area contributed by atoms with Crippen LogP contribution in [0, 0.1) is 0 Å². The van der Waals surface area contributed by atoms with E-state index in [0.717, 1.165) is 45.9 Å². The standard InChI is InChI=1S/C23H22N4O2S/c28-22(18-7-5-17(6-8-18)15-26-14-11-24-16-26)27-12-9-19(10-13-27)29-23-25-20-3-1-2-4-21(20)30-23/h1-8,11,14,16,19H,9-10,12-13,15H2. The van der Waals surface area contributed by atoms with Crippen molar-refractivity contribution in [3.8, 4) is 5.19 Å². The first-order valence-electron chi connectivity index (χ1n) is 10.1. The van der Waals surface area contributed by atoms with Gasteiger partial charge in [-0.2, -0.15) is 0 Å². The van der Waals surface area contributed by atoms with Crippen molar-refractivity contribution in [3.63, 3.8) is 0 Å². The summed E-state index contributed by atoms with van der Waals surface area (Å²) in [7, 11) is 0. The number of thiazole rings is 1. The van der Waals surface area contributed by atoms with Crippen molar-refractivity contribution in [1.29, 1.82) is 0 Å². The summed E-state index contributed by atoms with van der Waals surface area (Å²) in [6.45, 7) is 2.15. The molecule has 30 heavy (non-hydrogen) atoms. The number of aromatic nitrogens is 3. The number of fused-ring (bicyclic) bond motifs is 1. The fraction of sp³-hybridized carbons (Fsp3) is 0.261. The lowest BCUT2D eigenvalue weighted by atomic mass is 10.1. The molecule has 2 aromatic carbocycles. The molecule has 3 heterocycles. The monoisotopic (exact) mass is 418 g/mol. The molecule has 0 aliphatic carbocycles. The zero-order valence-corrected chi connectivity index (χ0v) is 17.3. The molecule has 0 saturated carbocycles. The third-order valence-electron chi connectivity index (χ3n) is 5.40. The molecule has 152 valence electrons. The van der Waals surface area contributed by atoms with Crippen LogP contribution in [-0.4, -0.2) is 44.5 Å². The topological polar surface area (TPSA) is 60.2 Å². The Morgan fingerprint density at radius 1 is 1.10 bits per heavy atom. The number of para-hydroxylation sites is 1. The second kappa shape index (κ2) is 8.28. The number of carbonyl (C=O) groups excluding carboxylic acids is 1. The Morgan fingerprint density at radius 3 is 2.63 bits per heavy atom. The van der Waals surface area contributed by atoms with Gasteiger partial charge >= 0.3 is 0 Å². The van der Waals surface area contributed by atoms with Crippen LogP contribution < -0.4 is 4.74 Å². The van der Waals surface area contributed by atoms with Crippen LogP contribution in [0.5, 0.6) is 5.19 Å². The number of benzene rings is 2. The van der Waals surface area contributed by atoms with Crippen LogP contribution in [-0.2, 0) is 6.54 Å². The van der Waals surface area contributed by atoms with Gasteiger partial charge in [-0.05, 0) is 29.8 Å². The SMILES string of the molecule is O=C(c1ccc(Cn2ccnc2)cc1)N1CCC(Oc2nc3ccccc3s2)CC1. The summed E-state index contributed by atoms with van der Waals surface area (Å²) >= 11 is 1.58. The molecule has 1 aliphatic rings. The van der Waals surface area contributed by atoms with Crippen LogP contribution in [0.25, 0.3) is 10.2 Å². The molecular formula is C23H22N4O2S. The molecule has 5 rings (SSSR count). The van der Waals surface area contributed by atoms with Gasteiger partial charge in [0.25, 0.3) is 11.1 Å². The fourth-order valence-electron chi connectivity index (χ4n) is 3.75. The van der Waals surface area contributed by atoms with Crippen LogP contribution in [0.3, 0.4) is 0 Å². The number of imidazole rings is 1. The van der Waals surface area contributed by atoms with Gasteiger partial charge in [0.1, 0.15) is 6.10 Å². The molecule has 1 amide bonds. The molecule has 6 nitrogen and oxygen atoms in total. The highest BCUT2D eigenvalue weighted by atomic mass is 32.1. The van der Waals surface area contributed by atoms with Gasteiger partial charge in [-0.15, -0.1) is 0 Å². The highest BCUT2D eigenvalue weighted by Crippen LogP contribution is 2.29. The number of rotatable bonds is 5. The van der Waals surface area contributed by atoms with Crippen molar-refractivity contribution in [1.82, 2.24) is 19.4 Å². The number of hydrogen-bond donors (Lipinski definition) is 0. The first-order chi connectivity index (χ1) is 14.7. The molecule has 0 bridgehead atoms. The van der Waals surface area contributed by atoms with E-state index in [1.807, 2.05) is 58.1 Å². The van der Waals surface area contributed by atoms with Gasteiger partial charge in [-0.3, -0.25) is 4.79 Å². The third kappa shape index (κ3) is 4.07. The highest BCUT2D eigenvalue weighted by molar-refractivity contribution is 7.20. The molecule has 0 N–H and O–H groups in total. The minimum absolute atomic E-state index is 0.0858. The summed E-state index contributed by atoms with van der Waals surface area (Å²) in [5, 5.41) is 0.717. The molecular weight excluding hydrogens is 396 g/mol. The van der Waals surface area contributed by atoms with Crippen molar-refractivity contribution in [2.24, 2.45) is 0 Å². The summed E-state index contributed by atoms with van der Waals surface area (Å²) in [6, 6.07) is 15.9. The number of ether oxygens (including phenoxy) is 1. The summed E-state index contributed by atoms with van der Waals surface area (Å²) in [6.07, 6.45) is 7.23. The summed E-state index contributed by atoms with van der Waals surface area (Å²) in [5.41, 5.74) is 2.85. The lowest BCUT2D eigenvalue weighted by Crippen LogP contribution is -2.41. The van der Waals surface area contributed by atoms with Gasteiger partial charge in [0.15, 0.2) is 0 Å². The molecule has 0 atom stereocenters. The second-order valence-corrected chi connectivity index (χ2v) is 8.48. The molecule has 4 aromatic rings. The van der Waals surface area contributed by atoms with E-state index in [-0.39, 0.29) is 12.0 Å². The molecule has 7 heteroatoms. The first kappa shape index (κ1) is 18.8. The van der Waals surface area contributed by atoms with E-state index in [4.69, 9.17) is 4.74 Å². The van der Waals surface area contributed by atoms with E-state index in [1.54, 1.807) is 23.9 Å². The Hall–Kier alpha value is -3.19. The number of carbonyl (C=O) groups is 1. The average molecular weight is 419 g/mol. The molecule has 1 saturated heterocycles. The number of nitrogens with zero attached hydrogens (tertiary/aromatic N) is 4. The maximum atomic E-state index is 12.9. The van der Waals surface area contributed by atoms with Crippen molar-refractivity contribution in [2.75, 3.05) is 13.1 Å². The predicted molar refractivity (Wildman–Crippen MR) is 117 cm³/mol. The van der Waals surface area contributed by atoms with E-state index < -0.39 is 0 Å². The Kier molecular flexibility index (Phi) is 5.19. The Labute approximate surface area is 178 Å². The Bertz CT molecular complexity index is 1100. The van der Waals surface area contributed by atoms with Gasteiger partial charge in [0.2, 0.25) is 0 Å². The van der Waals surface area contributed by atoms with Crippen LogP contribution in [0.15, 0.2) is 67.3 Å². The van der Waals surface area contributed by atoms with Crippen LogP contribution in [0.2, 0.25) is 0 Å². The molecule has 2 aromatic heterocycles. The average Bonchev–Trinajstić information content (AvgIpc) is 3.43. The molecule has 1 aliphatic heterocycles. The molecule has 1 fully saturated rings. The minimum atomic E-state index is 0.0858. The summed E-state index contributed by atoms with van der Waals surface area (Å²) in [4.78, 5) is 23.4. The smallest absolute Gasteiger partial charge is 0.274 e.